The van der Waals surface area contributed by atoms with Gasteiger partial charge in [0.1, 0.15) is 0 Å². The van der Waals surface area contributed by atoms with Crippen molar-refractivity contribution in [1.82, 2.24) is 15.3 Å². The molecule has 0 saturated carbocycles. The average Bonchev–Trinajstić information content (AvgIpc) is 3.30. The smallest absolute Gasteiger partial charge is 0.272 e. The third kappa shape index (κ3) is 4.29. The number of amides is 2. The zero-order valence-corrected chi connectivity index (χ0v) is 17.0. The fraction of sp³-hybridized carbons (Fsp3) is 0.0870. The molecule has 9 nitrogen and oxygen atoms in total. The molecule has 0 fully saturated rings. The fourth-order valence-electron chi connectivity index (χ4n) is 3.35. The monoisotopic (exact) mass is 430 g/mol. The van der Waals surface area contributed by atoms with Crippen molar-refractivity contribution >= 4 is 34.2 Å². The number of hydrogen-bond donors (Lipinski definition) is 5. The number of nitrogens with two attached hydrogens (primary N) is 2. The second-order valence-electron chi connectivity index (χ2n) is 7.24. The number of carbonyl (C=O) groups excluding carboxylic acids is 2. The summed E-state index contributed by atoms with van der Waals surface area (Å²) in [6.07, 6.45) is -0.109. The molecule has 0 bridgehead atoms. The van der Waals surface area contributed by atoms with Crippen LogP contribution in [0, 0.1) is 0 Å². The van der Waals surface area contributed by atoms with Crippen LogP contribution in [0.3, 0.4) is 0 Å². The van der Waals surface area contributed by atoms with Crippen LogP contribution in [0.25, 0.3) is 11.0 Å². The highest BCUT2D eigenvalue weighted by atomic mass is 16.3. The van der Waals surface area contributed by atoms with Gasteiger partial charge in [0.25, 0.3) is 11.8 Å². The van der Waals surface area contributed by atoms with Gasteiger partial charge in [-0.05, 0) is 48.0 Å². The number of nitrogens with zero attached hydrogens (tertiary/aromatic N) is 2. The summed E-state index contributed by atoms with van der Waals surface area (Å²) in [5.41, 5.74) is 8.86. The Morgan fingerprint density at radius 3 is 2.47 bits per heavy atom. The molecule has 2 amide bonds. The summed E-state index contributed by atoms with van der Waals surface area (Å²) in [5, 5.41) is 14.5. The first-order chi connectivity index (χ1) is 15.4. The van der Waals surface area contributed by atoms with E-state index in [1.807, 2.05) is 0 Å². The van der Waals surface area contributed by atoms with Gasteiger partial charge in [-0.15, -0.1) is 0 Å². The Bertz CT molecular complexity index is 1240. The molecule has 4 aromatic rings. The highest BCUT2D eigenvalue weighted by molar-refractivity contribution is 5.99. The molecule has 3 aromatic carbocycles. The van der Waals surface area contributed by atoms with Crippen molar-refractivity contribution in [2.24, 2.45) is 5.84 Å². The normalized spacial score (nSPS) is 12.8. The van der Waals surface area contributed by atoms with Gasteiger partial charge >= 0.3 is 0 Å². The predicted molar refractivity (Wildman–Crippen MR) is 121 cm³/mol. The van der Waals surface area contributed by atoms with Crippen LogP contribution in [0.1, 0.15) is 22.0 Å². The Morgan fingerprint density at radius 1 is 1.03 bits per heavy atom. The van der Waals surface area contributed by atoms with E-state index in [0.29, 0.717) is 33.5 Å². The van der Waals surface area contributed by atoms with Crippen molar-refractivity contribution in [3.8, 4) is 0 Å². The largest absolute Gasteiger partial charge is 0.399 e. The average molecular weight is 430 g/mol. The summed E-state index contributed by atoms with van der Waals surface area (Å²) in [5.74, 6) is 4.79. The molecule has 9 heteroatoms. The Labute approximate surface area is 183 Å². The molecule has 1 aromatic heterocycles. The summed E-state index contributed by atoms with van der Waals surface area (Å²) in [7, 11) is 0. The molecule has 2 atom stereocenters. The third-order valence-electron chi connectivity index (χ3n) is 5.11. The standard InChI is InChI=1S/C23H22N6O3/c24-16-8-6-15(7-9-16)22(31)28-20(14-4-2-1-3-5-14)21(30)23(32)29(25)17-10-11-18-19(12-17)27-13-26-18/h1-13,20-21,30H,24-25H2,(H,26,27)(H,28,31). The minimum Gasteiger partial charge on any atom is -0.399 e. The molecule has 162 valence electrons. The number of hydrazine groups is 1. The van der Waals surface area contributed by atoms with Crippen LogP contribution < -0.4 is 21.9 Å². The molecule has 1 heterocycles. The van der Waals surface area contributed by atoms with E-state index in [4.69, 9.17) is 11.6 Å². The lowest BCUT2D eigenvalue weighted by Crippen LogP contribution is -2.50. The second kappa shape index (κ2) is 8.88. The third-order valence-corrected chi connectivity index (χ3v) is 5.11. The number of aliphatic hydroxyl groups excluding tert-OH is 1. The van der Waals surface area contributed by atoms with Crippen molar-refractivity contribution in [2.75, 3.05) is 10.7 Å². The number of H-pyrrole nitrogens is 1. The van der Waals surface area contributed by atoms with Gasteiger partial charge in [-0.1, -0.05) is 30.3 Å². The highest BCUT2D eigenvalue weighted by Crippen LogP contribution is 2.23. The van der Waals surface area contributed by atoms with Crippen LogP contribution in [0.15, 0.2) is 79.1 Å². The van der Waals surface area contributed by atoms with E-state index in [-0.39, 0.29) is 0 Å². The fourth-order valence-corrected chi connectivity index (χ4v) is 3.35. The Hall–Kier alpha value is -4.21. The minimum atomic E-state index is -1.64. The molecular formula is C23H22N6O3. The van der Waals surface area contributed by atoms with Gasteiger partial charge in [0, 0.05) is 11.3 Å². The molecule has 0 aliphatic rings. The molecule has 0 aliphatic carbocycles. The summed E-state index contributed by atoms with van der Waals surface area (Å²) in [6, 6.07) is 19.0. The molecule has 4 rings (SSSR count). The molecule has 32 heavy (non-hydrogen) atoms. The van der Waals surface area contributed by atoms with E-state index in [9.17, 15) is 14.7 Å². The van der Waals surface area contributed by atoms with Gasteiger partial charge < -0.3 is 21.1 Å². The van der Waals surface area contributed by atoms with Crippen molar-refractivity contribution in [3.63, 3.8) is 0 Å². The summed E-state index contributed by atoms with van der Waals surface area (Å²) in [4.78, 5) is 32.9. The molecular weight excluding hydrogens is 408 g/mol. The van der Waals surface area contributed by atoms with E-state index in [0.717, 1.165) is 5.01 Å². The number of carbonyl (C=O) groups is 2. The van der Waals surface area contributed by atoms with Gasteiger partial charge in [-0.3, -0.25) is 9.59 Å². The number of benzene rings is 3. The van der Waals surface area contributed by atoms with E-state index >= 15 is 0 Å². The lowest BCUT2D eigenvalue weighted by molar-refractivity contribution is -0.128. The maximum absolute atomic E-state index is 13.1. The quantitative estimate of drug-likeness (QED) is 0.136. The van der Waals surface area contributed by atoms with Crippen LogP contribution in [-0.4, -0.2) is 33.0 Å². The Morgan fingerprint density at radius 2 is 1.75 bits per heavy atom. The lowest BCUT2D eigenvalue weighted by atomic mass is 9.99. The van der Waals surface area contributed by atoms with Crippen molar-refractivity contribution in [2.45, 2.75) is 12.1 Å². The number of aliphatic hydroxyl groups is 1. The number of fused-ring (bicyclic) bond motifs is 1. The van der Waals surface area contributed by atoms with E-state index in [1.165, 1.54) is 6.33 Å². The summed E-state index contributed by atoms with van der Waals surface area (Å²) >= 11 is 0. The predicted octanol–water partition coefficient (Wildman–Crippen LogP) is 1.88. The zero-order chi connectivity index (χ0) is 22.7. The zero-order valence-electron chi connectivity index (χ0n) is 17.0. The summed E-state index contributed by atoms with van der Waals surface area (Å²) in [6.45, 7) is 0. The number of aromatic nitrogens is 2. The van der Waals surface area contributed by atoms with Crippen LogP contribution in [0.4, 0.5) is 11.4 Å². The molecule has 2 unspecified atom stereocenters. The molecule has 0 spiro atoms. The maximum Gasteiger partial charge on any atom is 0.272 e. The van der Waals surface area contributed by atoms with Gasteiger partial charge in [0.15, 0.2) is 6.10 Å². The first kappa shape index (κ1) is 21.0. The highest BCUT2D eigenvalue weighted by Gasteiger charge is 2.32. The number of anilines is 2. The molecule has 0 aliphatic heterocycles. The SMILES string of the molecule is Nc1ccc(C(=O)NC(c2ccccc2)C(O)C(=O)N(N)c2ccc3nc[nH]c3c2)cc1. The number of imidazole rings is 1. The second-order valence-corrected chi connectivity index (χ2v) is 7.24. The first-order valence-corrected chi connectivity index (χ1v) is 9.85. The topological polar surface area (TPSA) is 150 Å². The number of nitrogens with one attached hydrogen (secondary N) is 2. The van der Waals surface area contributed by atoms with Gasteiger partial charge in [0.05, 0.1) is 29.1 Å². The molecule has 0 saturated heterocycles. The Kier molecular flexibility index (Phi) is 5.84. The van der Waals surface area contributed by atoms with Crippen LogP contribution in [-0.2, 0) is 4.79 Å². The Balaban J connectivity index is 1.60. The summed E-state index contributed by atoms with van der Waals surface area (Å²) < 4.78 is 0. The van der Waals surface area contributed by atoms with Crippen molar-refractivity contribution in [3.05, 3.63) is 90.3 Å². The first-order valence-electron chi connectivity index (χ1n) is 9.85. The van der Waals surface area contributed by atoms with Gasteiger partial charge in [-0.2, -0.15) is 0 Å². The van der Waals surface area contributed by atoms with E-state index < -0.39 is 24.0 Å². The maximum atomic E-state index is 13.1. The van der Waals surface area contributed by atoms with Crippen LogP contribution in [0.2, 0.25) is 0 Å². The number of nitrogen functional groups attached to an aromatic ring is 1. The number of hydrogen-bond acceptors (Lipinski definition) is 6. The minimum absolute atomic E-state index is 0.342. The van der Waals surface area contributed by atoms with Crippen molar-refractivity contribution < 1.29 is 14.7 Å². The van der Waals surface area contributed by atoms with Gasteiger partial charge in [0.2, 0.25) is 0 Å². The van der Waals surface area contributed by atoms with Crippen molar-refractivity contribution in [1.29, 1.82) is 0 Å². The molecule has 0 radical (unpaired) electrons. The molecule has 7 N–H and O–H groups in total. The van der Waals surface area contributed by atoms with E-state index in [2.05, 4.69) is 15.3 Å². The van der Waals surface area contributed by atoms with E-state index in [1.54, 1.807) is 72.8 Å². The van der Waals surface area contributed by atoms with Crippen LogP contribution in [0.5, 0.6) is 0 Å². The van der Waals surface area contributed by atoms with Crippen LogP contribution >= 0.6 is 0 Å². The lowest BCUT2D eigenvalue weighted by Gasteiger charge is -2.27. The number of rotatable bonds is 6. The van der Waals surface area contributed by atoms with Gasteiger partial charge in [-0.25, -0.2) is 15.8 Å². The number of aromatic amines is 1.